The van der Waals surface area contributed by atoms with E-state index in [2.05, 4.69) is 26.4 Å². The summed E-state index contributed by atoms with van der Waals surface area (Å²) < 4.78 is 38.3. The number of anilines is 2. The summed E-state index contributed by atoms with van der Waals surface area (Å²) in [6.45, 7) is 8.09. The minimum absolute atomic E-state index is 0.207. The molecule has 2 aliphatic heterocycles. The summed E-state index contributed by atoms with van der Waals surface area (Å²) in [4.78, 5) is 20.4. The lowest BCUT2D eigenvalue weighted by molar-refractivity contribution is 0.122. The van der Waals surface area contributed by atoms with Gasteiger partial charge in [-0.2, -0.15) is 0 Å². The van der Waals surface area contributed by atoms with Crippen molar-refractivity contribution < 1.29 is 17.9 Å². The molecule has 0 bridgehead atoms. The normalized spacial score (nSPS) is 22.1. The van der Waals surface area contributed by atoms with Crippen LogP contribution >= 0.6 is 11.3 Å². The fourth-order valence-electron chi connectivity index (χ4n) is 5.27. The molecule has 2 atom stereocenters. The maximum Gasteiger partial charge on any atom is 0.238 e. The molecule has 3 aromatic heterocycles. The molecule has 36 heavy (non-hydrogen) atoms. The number of hydrogen-bond acceptors (Lipinski definition) is 10. The van der Waals surface area contributed by atoms with Crippen molar-refractivity contribution in [3.8, 4) is 17.1 Å². The van der Waals surface area contributed by atoms with Gasteiger partial charge in [0.05, 0.1) is 42.5 Å². The van der Waals surface area contributed by atoms with Crippen molar-refractivity contribution in [2.24, 2.45) is 11.8 Å². The van der Waals surface area contributed by atoms with E-state index in [0.717, 1.165) is 53.6 Å². The molecule has 0 amide bonds. The Morgan fingerprint density at radius 1 is 1.22 bits per heavy atom. The minimum Gasteiger partial charge on any atom is -0.480 e. The van der Waals surface area contributed by atoms with Gasteiger partial charge in [0.25, 0.3) is 0 Å². The number of piperidine rings is 1. The summed E-state index contributed by atoms with van der Waals surface area (Å²) in [7, 11) is -2.06. The number of likely N-dealkylation sites (tertiary alicyclic amines) is 1. The Hall–Kier alpha value is -2.54. The van der Waals surface area contributed by atoms with E-state index in [1.807, 2.05) is 0 Å². The number of nitrogens with zero attached hydrogens (tertiary/aromatic N) is 5. The molecule has 0 spiro atoms. The van der Waals surface area contributed by atoms with Gasteiger partial charge < -0.3 is 14.4 Å². The number of aryl methyl sites for hydroxylation is 1. The molecule has 6 rings (SSSR count). The highest BCUT2D eigenvalue weighted by Crippen LogP contribution is 2.46. The number of rotatable bonds is 7. The Labute approximate surface area is 214 Å². The maximum atomic E-state index is 12.0. The molecule has 1 N–H and O–H groups in total. The molecule has 5 heterocycles. The van der Waals surface area contributed by atoms with E-state index >= 15 is 0 Å². The quantitative estimate of drug-likeness (QED) is 0.493. The highest BCUT2D eigenvalue weighted by Gasteiger charge is 2.45. The van der Waals surface area contributed by atoms with Crippen molar-refractivity contribution in [2.75, 3.05) is 62.4 Å². The number of nitrogens with one attached hydrogen (secondary N) is 1. The molecule has 3 aromatic rings. The molecule has 12 heteroatoms. The van der Waals surface area contributed by atoms with Crippen molar-refractivity contribution in [3.05, 3.63) is 22.7 Å². The Morgan fingerprint density at radius 3 is 2.67 bits per heavy atom. The van der Waals surface area contributed by atoms with Gasteiger partial charge in [0.2, 0.25) is 21.9 Å². The minimum atomic E-state index is -3.52. The predicted octanol–water partition coefficient (Wildman–Crippen LogP) is 2.73. The van der Waals surface area contributed by atoms with E-state index in [4.69, 9.17) is 19.4 Å². The number of hydrogen-bond donors (Lipinski definition) is 1. The number of pyridine rings is 1. The van der Waals surface area contributed by atoms with Crippen molar-refractivity contribution >= 4 is 43.2 Å². The number of methoxy groups -OCH3 is 1. The van der Waals surface area contributed by atoms with E-state index in [9.17, 15) is 8.42 Å². The van der Waals surface area contributed by atoms with Crippen LogP contribution in [0.3, 0.4) is 0 Å². The lowest BCUT2D eigenvalue weighted by Gasteiger charge is -2.27. The van der Waals surface area contributed by atoms with Gasteiger partial charge in [0.1, 0.15) is 5.69 Å². The first-order valence-electron chi connectivity index (χ1n) is 12.2. The highest BCUT2D eigenvalue weighted by atomic mass is 32.2. The Balaban J connectivity index is 1.48. The van der Waals surface area contributed by atoms with Gasteiger partial charge in [-0.05, 0) is 31.2 Å². The first-order chi connectivity index (χ1) is 17.3. The lowest BCUT2D eigenvalue weighted by Crippen LogP contribution is -2.37. The zero-order valence-corrected chi connectivity index (χ0v) is 22.3. The van der Waals surface area contributed by atoms with Crippen LogP contribution in [0.1, 0.15) is 16.9 Å². The largest absolute Gasteiger partial charge is 0.480 e. The van der Waals surface area contributed by atoms with E-state index in [1.54, 1.807) is 23.6 Å². The highest BCUT2D eigenvalue weighted by molar-refractivity contribution is 7.92. The third kappa shape index (κ3) is 4.62. The van der Waals surface area contributed by atoms with Crippen LogP contribution in [0, 0.1) is 18.8 Å². The summed E-state index contributed by atoms with van der Waals surface area (Å²) in [6, 6.07) is 1.74. The number of sulfonamides is 1. The maximum absolute atomic E-state index is 12.0. The first kappa shape index (κ1) is 23.8. The summed E-state index contributed by atoms with van der Waals surface area (Å²) in [5.74, 6) is 2.61. The Morgan fingerprint density at radius 2 is 1.97 bits per heavy atom. The fourth-order valence-corrected chi connectivity index (χ4v) is 6.94. The van der Waals surface area contributed by atoms with E-state index in [0.29, 0.717) is 24.7 Å². The third-order valence-electron chi connectivity index (χ3n) is 7.16. The van der Waals surface area contributed by atoms with Crippen molar-refractivity contribution in [3.63, 3.8) is 0 Å². The average molecular weight is 531 g/mol. The molecule has 1 aliphatic carbocycles. The predicted molar refractivity (Wildman–Crippen MR) is 140 cm³/mol. The number of ether oxygens (including phenoxy) is 2. The second-order valence-corrected chi connectivity index (χ2v) is 12.9. The standard InChI is InChI=1S/C24H30N6O4S2/c1-14-18(13-29-11-16-8-17(16)12-29)21-22(35-14)20(26-24(27-21)30-4-6-34-7-5-30)15-9-19(28-36(3,31)32)23(33-2)25-10-15/h9-10,16-17,28H,4-8,11-13H2,1-3H3. The second kappa shape index (κ2) is 9.09. The SMILES string of the molecule is COc1ncc(-c2nc(N3CCOCC3)nc3c(CN4CC5CC5C4)c(C)sc23)cc1NS(C)(=O)=O. The Bertz CT molecular complexity index is 1410. The van der Waals surface area contributed by atoms with E-state index in [-0.39, 0.29) is 11.6 Å². The van der Waals surface area contributed by atoms with E-state index in [1.165, 1.54) is 37.1 Å². The molecule has 10 nitrogen and oxygen atoms in total. The van der Waals surface area contributed by atoms with Crippen LogP contribution in [0.25, 0.3) is 21.5 Å². The average Bonchev–Trinajstić information content (AvgIpc) is 3.34. The third-order valence-corrected chi connectivity index (χ3v) is 8.90. The summed E-state index contributed by atoms with van der Waals surface area (Å²) in [5.41, 5.74) is 3.96. The molecule has 0 aromatic carbocycles. The molecule has 3 fully saturated rings. The Kier molecular flexibility index (Phi) is 6.02. The van der Waals surface area contributed by atoms with Crippen LogP contribution in [-0.4, -0.2) is 81.0 Å². The van der Waals surface area contributed by atoms with Gasteiger partial charge in [-0.25, -0.2) is 23.4 Å². The number of thiophene rings is 1. The monoisotopic (exact) mass is 530 g/mol. The van der Waals surface area contributed by atoms with Crippen LogP contribution in [0.15, 0.2) is 12.3 Å². The summed E-state index contributed by atoms with van der Waals surface area (Å²) in [6.07, 6.45) is 4.16. The first-order valence-corrected chi connectivity index (χ1v) is 14.9. The molecular formula is C24H30N6O4S2. The van der Waals surface area contributed by atoms with Crippen LogP contribution in [0.2, 0.25) is 0 Å². The van der Waals surface area contributed by atoms with Gasteiger partial charge in [-0.1, -0.05) is 0 Å². The molecule has 0 radical (unpaired) electrons. The van der Waals surface area contributed by atoms with Crippen molar-refractivity contribution in [1.29, 1.82) is 0 Å². The molecule has 2 saturated heterocycles. The molecule has 2 unspecified atom stereocenters. The molecular weight excluding hydrogens is 500 g/mol. The summed E-state index contributed by atoms with van der Waals surface area (Å²) in [5, 5.41) is 0. The lowest BCUT2D eigenvalue weighted by atomic mass is 10.1. The fraction of sp³-hybridized carbons (Fsp3) is 0.542. The van der Waals surface area contributed by atoms with Crippen molar-refractivity contribution in [2.45, 2.75) is 19.9 Å². The molecule has 3 aliphatic rings. The van der Waals surface area contributed by atoms with Crippen LogP contribution in [-0.2, 0) is 21.3 Å². The zero-order valence-electron chi connectivity index (χ0n) is 20.7. The molecule has 1 saturated carbocycles. The van der Waals surface area contributed by atoms with E-state index < -0.39 is 10.0 Å². The number of morpholine rings is 1. The molecule has 192 valence electrons. The van der Waals surface area contributed by atoms with Gasteiger partial charge in [-0.3, -0.25) is 9.62 Å². The van der Waals surface area contributed by atoms with Gasteiger partial charge in [0.15, 0.2) is 0 Å². The number of fused-ring (bicyclic) bond motifs is 2. The topological polar surface area (TPSA) is 110 Å². The smallest absolute Gasteiger partial charge is 0.238 e. The van der Waals surface area contributed by atoms with Gasteiger partial charge >= 0.3 is 0 Å². The van der Waals surface area contributed by atoms with Crippen LogP contribution < -0.4 is 14.4 Å². The van der Waals surface area contributed by atoms with Crippen LogP contribution in [0.4, 0.5) is 11.6 Å². The van der Waals surface area contributed by atoms with Gasteiger partial charge in [0, 0.05) is 54.9 Å². The van der Waals surface area contributed by atoms with Crippen LogP contribution in [0.5, 0.6) is 5.88 Å². The van der Waals surface area contributed by atoms with Gasteiger partial charge in [-0.15, -0.1) is 11.3 Å². The zero-order chi connectivity index (χ0) is 25.0. The second-order valence-electron chi connectivity index (χ2n) is 9.89. The number of aromatic nitrogens is 3. The van der Waals surface area contributed by atoms with Crippen molar-refractivity contribution in [1.82, 2.24) is 19.9 Å². The summed E-state index contributed by atoms with van der Waals surface area (Å²) >= 11 is 1.69.